The van der Waals surface area contributed by atoms with Crippen molar-refractivity contribution >= 4 is 57.5 Å². The molecule has 7 heteroatoms. The Labute approximate surface area is 285 Å². The second-order valence-electron chi connectivity index (χ2n) is 12.3. The average Bonchev–Trinajstić information content (AvgIpc) is 3.90. The summed E-state index contributed by atoms with van der Waals surface area (Å²) in [5, 5.41) is 29.4. The number of hydrogen-bond donors (Lipinski definition) is 0. The van der Waals surface area contributed by atoms with Gasteiger partial charge in [0.25, 0.3) is 0 Å². The number of benzene rings is 2. The van der Waals surface area contributed by atoms with Crippen LogP contribution in [0.2, 0.25) is 0 Å². The Morgan fingerprint density at radius 3 is 1.54 bits per heavy atom. The van der Waals surface area contributed by atoms with Crippen molar-refractivity contribution in [1.29, 1.82) is 15.8 Å². The van der Waals surface area contributed by atoms with Gasteiger partial charge in [-0.3, -0.25) is 9.59 Å². The largest absolute Gasteiger partial charge is 0.289 e. The van der Waals surface area contributed by atoms with Crippen LogP contribution in [-0.4, -0.2) is 11.6 Å². The normalized spacial score (nSPS) is 19.3. The Bertz CT molecular complexity index is 2260. The molecule has 0 N–H and O–H groups in total. The maximum atomic E-state index is 13.7. The zero-order chi connectivity index (χ0) is 33.2. The fourth-order valence-corrected chi connectivity index (χ4v) is 10.4. The van der Waals surface area contributed by atoms with Gasteiger partial charge in [0, 0.05) is 58.3 Å². The standard InChI is InChI=1S/C41H23N3O2S2/c1-2-23(20-42)35-27-10-4-6-12-29(27)37(45)31(35)16-25-18-33-39(47-25)40-34(41(33)14-8-3-9-15-41)19-26(48-40)17-32-36(24(21-43)22-44)28-11-5-7-13-30(28)38(32)46/h1,4-7,10-13,16-19H,3,8-9,14-15H2/b31-16-,32-17-,35-23?. The summed E-state index contributed by atoms with van der Waals surface area (Å²) < 4.78 is 0. The highest BCUT2D eigenvalue weighted by molar-refractivity contribution is 7.23. The predicted molar refractivity (Wildman–Crippen MR) is 189 cm³/mol. The first-order valence-corrected chi connectivity index (χ1v) is 17.2. The van der Waals surface area contributed by atoms with Crippen molar-refractivity contribution in [3.8, 4) is 40.3 Å². The van der Waals surface area contributed by atoms with E-state index in [0.717, 1.165) is 45.2 Å². The Hall–Kier alpha value is -5.83. The maximum absolute atomic E-state index is 13.7. The lowest BCUT2D eigenvalue weighted by Crippen LogP contribution is -2.27. The van der Waals surface area contributed by atoms with Crippen molar-refractivity contribution < 1.29 is 9.59 Å². The zero-order valence-electron chi connectivity index (χ0n) is 25.5. The molecule has 226 valence electrons. The van der Waals surface area contributed by atoms with Gasteiger partial charge in [0.1, 0.15) is 29.4 Å². The molecular formula is C41H23N3O2S2. The molecule has 0 aliphatic heterocycles. The molecule has 1 saturated carbocycles. The van der Waals surface area contributed by atoms with Crippen molar-refractivity contribution in [2.45, 2.75) is 37.5 Å². The van der Waals surface area contributed by atoms with Gasteiger partial charge in [-0.15, -0.1) is 29.1 Å². The van der Waals surface area contributed by atoms with Crippen molar-refractivity contribution in [2.24, 2.45) is 0 Å². The number of thiophene rings is 2. The molecule has 1 fully saturated rings. The number of allylic oxidation sites excluding steroid dienone is 6. The molecule has 4 aromatic rings. The Morgan fingerprint density at radius 1 is 0.667 bits per heavy atom. The Kier molecular flexibility index (Phi) is 6.87. The van der Waals surface area contributed by atoms with Gasteiger partial charge < -0.3 is 0 Å². The first-order valence-electron chi connectivity index (χ1n) is 15.6. The van der Waals surface area contributed by atoms with Crippen LogP contribution < -0.4 is 0 Å². The molecular weight excluding hydrogens is 631 g/mol. The monoisotopic (exact) mass is 653 g/mol. The third kappa shape index (κ3) is 4.13. The van der Waals surface area contributed by atoms with Gasteiger partial charge in [0.05, 0.1) is 0 Å². The fraction of sp³-hybridized carbons (Fsp3) is 0.146. The van der Waals surface area contributed by atoms with Gasteiger partial charge >= 0.3 is 0 Å². The van der Waals surface area contributed by atoms with Crippen LogP contribution in [-0.2, 0) is 5.41 Å². The lowest BCUT2D eigenvalue weighted by atomic mass is 9.68. The molecule has 2 aromatic heterocycles. The second kappa shape index (κ2) is 11.2. The Morgan fingerprint density at radius 2 is 1.10 bits per heavy atom. The minimum Gasteiger partial charge on any atom is -0.289 e. The predicted octanol–water partition coefficient (Wildman–Crippen LogP) is 9.31. The molecule has 4 aliphatic carbocycles. The highest BCUT2D eigenvalue weighted by Crippen LogP contribution is 2.61. The molecule has 2 heterocycles. The molecule has 48 heavy (non-hydrogen) atoms. The van der Waals surface area contributed by atoms with E-state index in [1.54, 1.807) is 46.9 Å². The van der Waals surface area contributed by atoms with Gasteiger partial charge in [-0.25, -0.2) is 0 Å². The van der Waals surface area contributed by atoms with E-state index in [2.05, 4.69) is 24.1 Å². The first-order chi connectivity index (χ1) is 23.4. The van der Waals surface area contributed by atoms with E-state index in [1.165, 1.54) is 17.5 Å². The van der Waals surface area contributed by atoms with E-state index in [4.69, 9.17) is 6.42 Å². The number of hydrogen-bond acceptors (Lipinski definition) is 7. The third-order valence-corrected chi connectivity index (χ3v) is 12.2. The fourth-order valence-electron chi connectivity index (χ4n) is 7.85. The topological polar surface area (TPSA) is 106 Å². The number of nitrogens with zero attached hydrogens (tertiary/aromatic N) is 3. The SMILES string of the molecule is C#CC(C#N)=C1/C(=C/c2cc3c(s2)-c2sc(/C=C4\C(=O)c5ccccc5C4=C(C#N)C#N)cc2C32CCCCC2)C(=O)c2ccccc21. The van der Waals surface area contributed by atoms with Crippen molar-refractivity contribution in [1.82, 2.24) is 0 Å². The van der Waals surface area contributed by atoms with Crippen LogP contribution in [0.5, 0.6) is 0 Å². The lowest BCUT2D eigenvalue weighted by molar-refractivity contribution is 0.103. The number of fused-ring (bicyclic) bond motifs is 7. The van der Waals surface area contributed by atoms with Crippen LogP contribution in [0.3, 0.4) is 0 Å². The van der Waals surface area contributed by atoms with E-state index in [-0.39, 0.29) is 28.1 Å². The van der Waals surface area contributed by atoms with E-state index in [9.17, 15) is 25.4 Å². The van der Waals surface area contributed by atoms with Gasteiger partial charge in [0.15, 0.2) is 11.6 Å². The summed E-state index contributed by atoms with van der Waals surface area (Å²) in [7, 11) is 0. The highest BCUT2D eigenvalue weighted by atomic mass is 32.1. The number of carbonyl (C=O) groups is 2. The number of carbonyl (C=O) groups excluding carboxylic acids is 2. The minimum atomic E-state index is -0.190. The van der Waals surface area contributed by atoms with Crippen LogP contribution in [0.15, 0.2) is 83.0 Å². The molecule has 8 rings (SSSR count). The van der Waals surface area contributed by atoms with E-state index in [0.29, 0.717) is 44.5 Å². The van der Waals surface area contributed by atoms with Crippen molar-refractivity contribution in [3.63, 3.8) is 0 Å². The highest BCUT2D eigenvalue weighted by Gasteiger charge is 2.46. The first kappa shape index (κ1) is 29.6. The smallest absolute Gasteiger partial charge is 0.194 e. The van der Waals surface area contributed by atoms with E-state index >= 15 is 0 Å². The second-order valence-corrected chi connectivity index (χ2v) is 14.4. The minimum absolute atomic E-state index is 0.0768. The molecule has 0 unspecified atom stereocenters. The van der Waals surface area contributed by atoms with Gasteiger partial charge in [-0.05, 0) is 59.4 Å². The van der Waals surface area contributed by atoms with Crippen LogP contribution in [0.1, 0.15) is 84.8 Å². The van der Waals surface area contributed by atoms with Gasteiger partial charge in [-0.2, -0.15) is 15.8 Å². The molecule has 0 bridgehead atoms. The van der Waals surface area contributed by atoms with Crippen molar-refractivity contribution in [2.75, 3.05) is 0 Å². The molecule has 0 amide bonds. The summed E-state index contributed by atoms with van der Waals surface area (Å²) in [5.74, 6) is 2.16. The Balaban J connectivity index is 1.28. The van der Waals surface area contributed by atoms with Crippen molar-refractivity contribution in [3.05, 3.63) is 126 Å². The quantitative estimate of drug-likeness (QED) is 0.122. The summed E-state index contributed by atoms with van der Waals surface area (Å²) in [6, 6.07) is 24.9. The number of Topliss-reactive ketones (excluding diaryl/α,β-unsaturated/α-hetero) is 2. The molecule has 2 aromatic carbocycles. The molecule has 0 saturated heterocycles. The summed E-state index contributed by atoms with van der Waals surface area (Å²) in [6.45, 7) is 0. The number of nitriles is 3. The number of terminal acetylenes is 1. The number of rotatable bonds is 2. The van der Waals surface area contributed by atoms with Crippen LogP contribution in [0.4, 0.5) is 0 Å². The lowest BCUT2D eigenvalue weighted by Gasteiger charge is -2.34. The van der Waals surface area contributed by atoms with Crippen LogP contribution in [0, 0.1) is 46.3 Å². The summed E-state index contributed by atoms with van der Waals surface area (Å²) >= 11 is 3.24. The number of ketones is 2. The average molecular weight is 654 g/mol. The zero-order valence-corrected chi connectivity index (χ0v) is 27.1. The molecule has 0 radical (unpaired) electrons. The van der Waals surface area contributed by atoms with E-state index in [1.807, 2.05) is 48.6 Å². The van der Waals surface area contributed by atoms with E-state index < -0.39 is 0 Å². The summed E-state index contributed by atoms with van der Waals surface area (Å²) in [5.41, 5.74) is 6.45. The summed E-state index contributed by atoms with van der Waals surface area (Å²) in [4.78, 5) is 31.4. The summed E-state index contributed by atoms with van der Waals surface area (Å²) in [6.07, 6.45) is 14.8. The van der Waals surface area contributed by atoms with Gasteiger partial charge in [0.2, 0.25) is 0 Å². The van der Waals surface area contributed by atoms with Gasteiger partial charge in [-0.1, -0.05) is 73.7 Å². The molecule has 1 spiro atoms. The molecule has 4 aliphatic rings. The maximum Gasteiger partial charge on any atom is 0.194 e. The van der Waals surface area contributed by atoms with Crippen LogP contribution >= 0.6 is 22.7 Å². The molecule has 0 atom stereocenters. The molecule has 5 nitrogen and oxygen atoms in total. The van der Waals surface area contributed by atoms with Crippen LogP contribution in [0.25, 0.3) is 33.1 Å². The third-order valence-electron chi connectivity index (χ3n) is 9.91.